The monoisotopic (exact) mass is 641 g/mol. The smallest absolute Gasteiger partial charge is 0.317 e. The molecular formula is C36H52FN3O6. The minimum atomic E-state index is -2.19. The second-order valence-corrected chi connectivity index (χ2v) is 14.4. The molecule has 254 valence electrons. The van der Waals surface area contributed by atoms with Crippen LogP contribution in [0.2, 0.25) is 0 Å². The molecule has 0 bridgehead atoms. The van der Waals surface area contributed by atoms with E-state index in [0.717, 1.165) is 24.2 Å². The van der Waals surface area contributed by atoms with E-state index >= 15 is 4.39 Å². The second kappa shape index (κ2) is 13.3. The van der Waals surface area contributed by atoms with E-state index in [4.69, 9.17) is 19.9 Å². The van der Waals surface area contributed by atoms with Crippen LogP contribution in [-0.2, 0) is 19.7 Å². The van der Waals surface area contributed by atoms with Gasteiger partial charge < -0.3 is 30.4 Å². The van der Waals surface area contributed by atoms with Gasteiger partial charge in [0.15, 0.2) is 11.5 Å². The van der Waals surface area contributed by atoms with Crippen molar-refractivity contribution in [1.82, 2.24) is 10.2 Å². The number of amides is 1. The molecule has 2 aliphatic heterocycles. The Kier molecular flexibility index (Phi) is 9.93. The quantitative estimate of drug-likeness (QED) is 0.127. The van der Waals surface area contributed by atoms with Gasteiger partial charge in [0.25, 0.3) is 5.91 Å². The lowest BCUT2D eigenvalue weighted by atomic mass is 9.51. The number of allylic oxidation sites excluding steroid dienone is 1. The predicted molar refractivity (Wildman–Crippen MR) is 174 cm³/mol. The number of benzene rings is 1. The molecule has 4 N–H and O–H groups in total. The molecule has 2 aliphatic carbocycles. The van der Waals surface area contributed by atoms with Crippen LogP contribution in [0.4, 0.5) is 4.39 Å². The molecule has 2 saturated carbocycles. The summed E-state index contributed by atoms with van der Waals surface area (Å²) in [5, 5.41) is 16.1. The van der Waals surface area contributed by atoms with Crippen LogP contribution in [0, 0.1) is 18.8 Å². The van der Waals surface area contributed by atoms with E-state index in [1.165, 1.54) is 26.0 Å². The molecule has 10 heteroatoms. The summed E-state index contributed by atoms with van der Waals surface area (Å²) in [5.41, 5.74) is 5.68. The lowest BCUT2D eigenvalue weighted by Gasteiger charge is -2.61. The molecule has 46 heavy (non-hydrogen) atoms. The first kappa shape index (κ1) is 34.4. The average Bonchev–Trinajstić information content (AvgIpc) is 3.73. The number of piperidine rings is 1. The molecule has 3 unspecified atom stereocenters. The minimum Gasteiger partial charge on any atom is -0.483 e. The fraction of sp³-hybridized carbons (Fsp3) is 0.667. The van der Waals surface area contributed by atoms with E-state index in [1.54, 1.807) is 25.1 Å². The number of carbonyl (C=O) groups is 2. The number of hydrogen-bond donors (Lipinski definition) is 3. The molecule has 0 aromatic heterocycles. The van der Waals surface area contributed by atoms with Gasteiger partial charge in [-0.3, -0.25) is 14.5 Å². The summed E-state index contributed by atoms with van der Waals surface area (Å²) in [7, 11) is 0. The molecule has 4 aliphatic rings. The molecular weight excluding hydrogens is 589 g/mol. The number of rotatable bonds is 12. The number of alkyl halides is 1. The fourth-order valence-electron chi connectivity index (χ4n) is 7.97. The number of likely N-dealkylation sites (tertiary alicyclic amines) is 1. The van der Waals surface area contributed by atoms with Crippen molar-refractivity contribution >= 4 is 11.9 Å². The van der Waals surface area contributed by atoms with Crippen molar-refractivity contribution in [3.05, 3.63) is 47.2 Å². The maximum Gasteiger partial charge on any atom is 0.317 e. The van der Waals surface area contributed by atoms with Gasteiger partial charge in [0, 0.05) is 23.7 Å². The number of nitrogens with one attached hydrogen (secondary N) is 1. The van der Waals surface area contributed by atoms with E-state index in [9.17, 15) is 14.7 Å². The van der Waals surface area contributed by atoms with E-state index in [-0.39, 0.29) is 24.3 Å². The van der Waals surface area contributed by atoms with Gasteiger partial charge >= 0.3 is 5.97 Å². The summed E-state index contributed by atoms with van der Waals surface area (Å²) in [6, 6.07) is 2.93. The summed E-state index contributed by atoms with van der Waals surface area (Å²) in [5.74, 6) is -1.70. The highest BCUT2D eigenvalue weighted by Gasteiger charge is 2.70. The normalized spacial score (nSPS) is 30.7. The van der Waals surface area contributed by atoms with Crippen molar-refractivity contribution in [2.75, 3.05) is 19.7 Å². The number of nitrogens with two attached hydrogens (primary N) is 1. The molecule has 3 fully saturated rings. The molecule has 1 amide bonds. The Morgan fingerprint density at radius 2 is 2.02 bits per heavy atom. The predicted octanol–water partition coefficient (Wildman–Crippen LogP) is 4.97. The SMILES string of the molecule is C/C=C(\C=C/N)C(=O)N[C@@H]1CC[C@@]2(O)C(C)N(CC3CC3)CCC23c2c(C)ccc(OC(=O)CC(C)(F)OCCC(C)C)c2O[C@@H]13. The molecule has 5 rings (SSSR count). The van der Waals surface area contributed by atoms with Crippen molar-refractivity contribution in [3.63, 3.8) is 0 Å². The maximum atomic E-state index is 15.2. The topological polar surface area (TPSA) is 123 Å². The molecule has 0 radical (unpaired) electrons. The largest absolute Gasteiger partial charge is 0.483 e. The molecule has 2 heterocycles. The van der Waals surface area contributed by atoms with Crippen molar-refractivity contribution < 1.29 is 33.3 Å². The molecule has 1 saturated heterocycles. The number of aliphatic hydroxyl groups is 1. The Morgan fingerprint density at radius 3 is 2.67 bits per heavy atom. The Labute approximate surface area is 272 Å². The zero-order valence-electron chi connectivity index (χ0n) is 28.2. The van der Waals surface area contributed by atoms with Crippen LogP contribution in [-0.4, -0.2) is 71.2 Å². The van der Waals surface area contributed by atoms with Gasteiger partial charge in [0.05, 0.1) is 23.7 Å². The van der Waals surface area contributed by atoms with Crippen molar-refractivity contribution in [2.45, 2.75) is 122 Å². The van der Waals surface area contributed by atoms with Crippen molar-refractivity contribution in [1.29, 1.82) is 0 Å². The molecule has 1 aromatic carbocycles. The van der Waals surface area contributed by atoms with Crippen LogP contribution in [0.25, 0.3) is 0 Å². The summed E-state index contributed by atoms with van der Waals surface area (Å²) in [6.45, 7) is 13.0. The average molecular weight is 642 g/mol. The second-order valence-electron chi connectivity index (χ2n) is 14.4. The number of fused-ring (bicyclic) bond motifs is 1. The number of halogens is 1. The third-order valence-electron chi connectivity index (χ3n) is 10.7. The van der Waals surface area contributed by atoms with Gasteiger partial charge in [0.2, 0.25) is 5.85 Å². The van der Waals surface area contributed by atoms with Gasteiger partial charge in [-0.15, -0.1) is 0 Å². The van der Waals surface area contributed by atoms with Gasteiger partial charge in [0.1, 0.15) is 12.5 Å². The molecule has 6 atom stereocenters. The van der Waals surface area contributed by atoms with E-state index in [2.05, 4.69) is 17.1 Å². The number of hydrogen-bond acceptors (Lipinski definition) is 8. The number of carbonyl (C=O) groups excluding carboxylic acids is 2. The summed E-state index contributed by atoms with van der Waals surface area (Å²) in [6.07, 6.45) is 8.04. The Hall–Kier alpha value is -2.95. The number of nitrogens with zero attached hydrogens (tertiary/aromatic N) is 1. The molecule has 9 nitrogen and oxygen atoms in total. The van der Waals surface area contributed by atoms with Gasteiger partial charge in [-0.2, -0.15) is 0 Å². The fourth-order valence-corrected chi connectivity index (χ4v) is 7.97. The Morgan fingerprint density at radius 1 is 1.28 bits per heavy atom. The first-order chi connectivity index (χ1) is 21.8. The first-order valence-corrected chi connectivity index (χ1v) is 16.9. The number of aryl methyl sites for hydroxylation is 1. The summed E-state index contributed by atoms with van der Waals surface area (Å²) >= 11 is 0. The zero-order valence-corrected chi connectivity index (χ0v) is 28.2. The maximum absolute atomic E-state index is 15.2. The highest BCUT2D eigenvalue weighted by atomic mass is 19.2. The van der Waals surface area contributed by atoms with Crippen LogP contribution < -0.4 is 20.5 Å². The van der Waals surface area contributed by atoms with Crippen molar-refractivity contribution in [2.24, 2.45) is 17.6 Å². The minimum absolute atomic E-state index is 0.164. The molecule has 1 spiro atoms. The highest BCUT2D eigenvalue weighted by Crippen LogP contribution is 2.63. The Balaban J connectivity index is 1.49. The summed E-state index contributed by atoms with van der Waals surface area (Å²) < 4.78 is 33.2. The standard InChI is InChI=1S/C36H52FN3O6/c1-7-26(13-17-38)33(42)39-27-12-15-36(43)24(5)40(21-25-9-10-25)18-16-35(36)30-23(4)8-11-28(31(30)46-32(27)35)45-29(41)20-34(6,37)44-19-14-22(2)3/h7-8,11,13,17,22,24-25,27,32,43H,9-10,12,14-16,18-21,38H2,1-6H3,(H,39,42)/b17-13-,26-7+/t24?,27-,32+,34?,35?,36-/m1/s1. The van der Waals surface area contributed by atoms with Crippen LogP contribution in [0.3, 0.4) is 0 Å². The van der Waals surface area contributed by atoms with Crippen LogP contribution in [0.1, 0.15) is 90.7 Å². The zero-order chi connectivity index (χ0) is 33.4. The number of esters is 1. The van der Waals surface area contributed by atoms with Crippen LogP contribution in [0.15, 0.2) is 36.1 Å². The van der Waals surface area contributed by atoms with E-state index < -0.39 is 41.4 Å². The first-order valence-electron chi connectivity index (χ1n) is 16.9. The van der Waals surface area contributed by atoms with Crippen LogP contribution >= 0.6 is 0 Å². The van der Waals surface area contributed by atoms with E-state index in [0.29, 0.717) is 48.8 Å². The van der Waals surface area contributed by atoms with Gasteiger partial charge in [-0.1, -0.05) is 26.0 Å². The third kappa shape index (κ3) is 6.45. The lowest BCUT2D eigenvalue weighted by molar-refractivity contribution is -0.182. The highest BCUT2D eigenvalue weighted by molar-refractivity contribution is 5.96. The third-order valence-corrected chi connectivity index (χ3v) is 10.7. The number of ether oxygens (including phenoxy) is 3. The lowest BCUT2D eigenvalue weighted by Crippen LogP contribution is -2.76. The Bertz CT molecular complexity index is 1370. The van der Waals surface area contributed by atoms with Crippen molar-refractivity contribution in [3.8, 4) is 11.5 Å². The summed E-state index contributed by atoms with van der Waals surface area (Å²) in [4.78, 5) is 28.9. The van der Waals surface area contributed by atoms with E-state index in [1.807, 2.05) is 26.8 Å². The van der Waals surface area contributed by atoms with Gasteiger partial charge in [-0.25, -0.2) is 4.39 Å². The molecule has 1 aromatic rings. The van der Waals surface area contributed by atoms with Crippen LogP contribution in [0.5, 0.6) is 11.5 Å². The van der Waals surface area contributed by atoms with Gasteiger partial charge in [-0.05, 0) is 109 Å².